The van der Waals surface area contributed by atoms with Gasteiger partial charge < -0.3 is 19.7 Å². The molecule has 1 N–H and O–H groups in total. The Balaban J connectivity index is 1.89. The van der Waals surface area contributed by atoms with Gasteiger partial charge in [-0.1, -0.05) is 43.7 Å². The van der Waals surface area contributed by atoms with Crippen LogP contribution in [0.4, 0.5) is 0 Å². The first kappa shape index (κ1) is 25.2. The lowest BCUT2D eigenvalue weighted by atomic mass is 10.1. The highest BCUT2D eigenvalue weighted by molar-refractivity contribution is 5.87. The molecule has 2 aromatic rings. The normalized spacial score (nSPS) is 11.5. The predicted octanol–water partition coefficient (Wildman–Crippen LogP) is 4.23. The van der Waals surface area contributed by atoms with Gasteiger partial charge >= 0.3 is 0 Å². The van der Waals surface area contributed by atoms with Crippen molar-refractivity contribution in [2.75, 3.05) is 26.8 Å². The van der Waals surface area contributed by atoms with Gasteiger partial charge in [-0.25, -0.2) is 0 Å². The zero-order valence-corrected chi connectivity index (χ0v) is 19.5. The summed E-state index contributed by atoms with van der Waals surface area (Å²) in [6, 6.07) is 16.9. The van der Waals surface area contributed by atoms with Crippen molar-refractivity contribution in [1.29, 1.82) is 0 Å². The number of nitrogens with one attached hydrogen (secondary N) is 1. The molecule has 0 bridgehead atoms. The van der Waals surface area contributed by atoms with E-state index in [4.69, 9.17) is 9.47 Å². The van der Waals surface area contributed by atoms with E-state index in [2.05, 4.69) is 12.2 Å². The van der Waals surface area contributed by atoms with E-state index in [1.807, 2.05) is 54.6 Å². The van der Waals surface area contributed by atoms with E-state index in [-0.39, 0.29) is 11.8 Å². The largest absolute Gasteiger partial charge is 0.497 e. The molecule has 0 aliphatic rings. The van der Waals surface area contributed by atoms with Gasteiger partial charge in [0.25, 0.3) is 0 Å². The van der Waals surface area contributed by atoms with Crippen molar-refractivity contribution >= 4 is 11.8 Å². The average molecular weight is 441 g/mol. The Kier molecular flexibility index (Phi) is 11.1. The summed E-state index contributed by atoms with van der Waals surface area (Å²) in [7, 11) is 1.62. The average Bonchev–Trinajstić information content (AvgIpc) is 2.83. The summed E-state index contributed by atoms with van der Waals surface area (Å²) < 4.78 is 10.9. The van der Waals surface area contributed by atoms with Crippen LogP contribution < -0.4 is 14.8 Å². The zero-order chi connectivity index (χ0) is 23.2. The van der Waals surface area contributed by atoms with Crippen LogP contribution in [-0.4, -0.2) is 49.6 Å². The van der Waals surface area contributed by atoms with Crippen LogP contribution in [0.15, 0.2) is 54.6 Å². The molecule has 6 nitrogen and oxygen atoms in total. The third-order valence-electron chi connectivity index (χ3n) is 5.34. The van der Waals surface area contributed by atoms with Gasteiger partial charge in [-0.2, -0.15) is 0 Å². The van der Waals surface area contributed by atoms with Gasteiger partial charge in [-0.3, -0.25) is 9.59 Å². The Morgan fingerprint density at radius 3 is 2.34 bits per heavy atom. The molecule has 0 saturated carbocycles. The van der Waals surface area contributed by atoms with E-state index in [1.165, 1.54) is 0 Å². The molecule has 0 saturated heterocycles. The van der Waals surface area contributed by atoms with E-state index in [0.29, 0.717) is 39.0 Å². The minimum atomic E-state index is -0.509. The Labute approximate surface area is 191 Å². The molecule has 0 heterocycles. The molecule has 0 fully saturated rings. The molecule has 0 radical (unpaired) electrons. The lowest BCUT2D eigenvalue weighted by Gasteiger charge is -2.29. The van der Waals surface area contributed by atoms with E-state index >= 15 is 0 Å². The highest BCUT2D eigenvalue weighted by atomic mass is 16.5. The second-order valence-corrected chi connectivity index (χ2v) is 7.77. The second kappa shape index (κ2) is 14.1. The second-order valence-electron chi connectivity index (χ2n) is 7.77. The van der Waals surface area contributed by atoms with Crippen molar-refractivity contribution in [3.63, 3.8) is 0 Å². The summed E-state index contributed by atoms with van der Waals surface area (Å²) in [5.41, 5.74) is 1.15. The van der Waals surface area contributed by atoms with Crippen molar-refractivity contribution in [2.24, 2.45) is 0 Å². The van der Waals surface area contributed by atoms with Crippen LogP contribution in [0.1, 0.15) is 45.1 Å². The molecule has 174 valence electrons. The lowest BCUT2D eigenvalue weighted by molar-refractivity contribution is -0.140. The Morgan fingerprint density at radius 2 is 1.69 bits per heavy atom. The predicted molar refractivity (Wildman–Crippen MR) is 127 cm³/mol. The standard InChI is InChI=1S/C26H36N2O4/c1-4-5-18-27-26(30)21(2)28(19-17-22-10-7-6-8-11-22)25(29)12-9-20-32-24-15-13-23(31-3)14-16-24/h6-8,10-11,13-16,21H,4-5,9,12,17-20H2,1-3H3,(H,27,30)/t21-/m1/s1. The van der Waals surface area contributed by atoms with Gasteiger partial charge in [0.1, 0.15) is 17.5 Å². The number of nitrogens with zero attached hydrogens (tertiary/aromatic N) is 1. The number of carbonyl (C=O) groups is 2. The molecule has 1 atom stereocenters. The monoisotopic (exact) mass is 440 g/mol. The molecule has 0 spiro atoms. The number of benzene rings is 2. The number of carbonyl (C=O) groups excluding carboxylic acids is 2. The van der Waals surface area contributed by atoms with E-state index in [9.17, 15) is 9.59 Å². The molecule has 0 aliphatic carbocycles. The molecule has 32 heavy (non-hydrogen) atoms. The highest BCUT2D eigenvalue weighted by Gasteiger charge is 2.25. The summed E-state index contributed by atoms with van der Waals surface area (Å²) in [4.78, 5) is 27.3. The van der Waals surface area contributed by atoms with Gasteiger partial charge in [0.05, 0.1) is 13.7 Å². The van der Waals surface area contributed by atoms with Gasteiger partial charge in [-0.15, -0.1) is 0 Å². The number of hydrogen-bond donors (Lipinski definition) is 1. The van der Waals surface area contributed by atoms with Crippen molar-refractivity contribution in [2.45, 2.75) is 52.0 Å². The minimum Gasteiger partial charge on any atom is -0.497 e. The van der Waals surface area contributed by atoms with Crippen LogP contribution in [0.2, 0.25) is 0 Å². The SMILES string of the molecule is CCCCNC(=O)[C@@H](C)N(CCc1ccccc1)C(=O)CCCOc1ccc(OC)cc1. The molecule has 0 aliphatic heterocycles. The molecule has 2 aromatic carbocycles. The summed E-state index contributed by atoms with van der Waals surface area (Å²) in [6.07, 6.45) is 3.56. The van der Waals surface area contributed by atoms with Gasteiger partial charge in [-0.05, 0) is 56.0 Å². The van der Waals surface area contributed by atoms with E-state index in [1.54, 1.807) is 18.9 Å². The van der Waals surface area contributed by atoms with Crippen LogP contribution in [0.3, 0.4) is 0 Å². The Morgan fingerprint density at radius 1 is 1.00 bits per heavy atom. The summed E-state index contributed by atoms with van der Waals surface area (Å²) >= 11 is 0. The fourth-order valence-corrected chi connectivity index (χ4v) is 3.34. The number of amides is 2. The molecular weight excluding hydrogens is 404 g/mol. The van der Waals surface area contributed by atoms with Crippen molar-refractivity contribution < 1.29 is 19.1 Å². The van der Waals surface area contributed by atoms with Crippen LogP contribution in [0.5, 0.6) is 11.5 Å². The molecular formula is C26H36N2O4. The molecule has 0 unspecified atom stereocenters. The number of unbranched alkanes of at least 4 members (excludes halogenated alkanes) is 1. The summed E-state index contributed by atoms with van der Waals surface area (Å²) in [5.74, 6) is 1.38. The van der Waals surface area contributed by atoms with E-state index < -0.39 is 6.04 Å². The Bertz CT molecular complexity index is 808. The van der Waals surface area contributed by atoms with Gasteiger partial charge in [0, 0.05) is 19.5 Å². The topological polar surface area (TPSA) is 67.9 Å². The quantitative estimate of drug-likeness (QED) is 0.447. The smallest absolute Gasteiger partial charge is 0.242 e. The highest BCUT2D eigenvalue weighted by Crippen LogP contribution is 2.17. The third-order valence-corrected chi connectivity index (χ3v) is 5.34. The number of rotatable bonds is 14. The first-order valence-corrected chi connectivity index (χ1v) is 11.4. The fraction of sp³-hybridized carbons (Fsp3) is 0.462. The van der Waals surface area contributed by atoms with Crippen molar-refractivity contribution in [3.05, 3.63) is 60.2 Å². The first-order chi connectivity index (χ1) is 15.5. The maximum absolute atomic E-state index is 13.0. The van der Waals surface area contributed by atoms with Crippen LogP contribution in [0.25, 0.3) is 0 Å². The van der Waals surface area contributed by atoms with Gasteiger partial charge in [0.2, 0.25) is 11.8 Å². The number of methoxy groups -OCH3 is 1. The molecule has 2 rings (SSSR count). The number of ether oxygens (including phenoxy) is 2. The lowest BCUT2D eigenvalue weighted by Crippen LogP contribution is -2.49. The van der Waals surface area contributed by atoms with Crippen molar-refractivity contribution in [1.82, 2.24) is 10.2 Å². The molecule has 6 heteroatoms. The van der Waals surface area contributed by atoms with Gasteiger partial charge in [0.15, 0.2) is 0 Å². The van der Waals surface area contributed by atoms with Crippen LogP contribution in [0, 0.1) is 0 Å². The maximum atomic E-state index is 13.0. The first-order valence-electron chi connectivity index (χ1n) is 11.4. The van der Waals surface area contributed by atoms with Crippen LogP contribution >= 0.6 is 0 Å². The van der Waals surface area contributed by atoms with E-state index in [0.717, 1.165) is 29.9 Å². The molecule has 2 amide bonds. The van der Waals surface area contributed by atoms with Crippen LogP contribution in [-0.2, 0) is 16.0 Å². The maximum Gasteiger partial charge on any atom is 0.242 e. The zero-order valence-electron chi connectivity index (χ0n) is 19.5. The van der Waals surface area contributed by atoms with Crippen molar-refractivity contribution in [3.8, 4) is 11.5 Å². The minimum absolute atomic E-state index is 0.0302. The fourth-order valence-electron chi connectivity index (χ4n) is 3.34. The summed E-state index contributed by atoms with van der Waals surface area (Å²) in [6.45, 7) is 5.46. The Hall–Kier alpha value is -3.02. The third kappa shape index (κ3) is 8.61. The summed E-state index contributed by atoms with van der Waals surface area (Å²) in [5, 5.41) is 2.95. The number of hydrogen-bond acceptors (Lipinski definition) is 4. The molecule has 0 aromatic heterocycles.